The smallest absolute Gasteiger partial charge is 0.123 e. The van der Waals surface area contributed by atoms with Crippen LogP contribution in [0.1, 0.15) is 11.1 Å². The van der Waals surface area contributed by atoms with Gasteiger partial charge in [0.25, 0.3) is 0 Å². The van der Waals surface area contributed by atoms with Gasteiger partial charge in [0.05, 0.1) is 0 Å². The van der Waals surface area contributed by atoms with Gasteiger partial charge in [0.2, 0.25) is 0 Å². The molecule has 0 bridgehead atoms. The molecule has 0 unspecified atom stereocenters. The van der Waals surface area contributed by atoms with Crippen molar-refractivity contribution in [2.75, 3.05) is 13.6 Å². The first-order valence-corrected chi connectivity index (χ1v) is 4.41. The number of likely N-dealkylation sites (N-methyl/N-ethyl adjacent to an activating group) is 1. The summed E-state index contributed by atoms with van der Waals surface area (Å²) in [5.74, 6) is 5.29. The minimum absolute atomic E-state index is 0.222. The second kappa shape index (κ2) is 4.35. The van der Waals surface area contributed by atoms with Crippen LogP contribution in [-0.2, 0) is 0 Å². The second-order valence-electron chi connectivity index (χ2n) is 3.48. The maximum absolute atomic E-state index is 12.8. The normalized spacial score (nSPS) is 10.6. The van der Waals surface area contributed by atoms with Crippen molar-refractivity contribution in [1.82, 2.24) is 5.01 Å². The van der Waals surface area contributed by atoms with E-state index < -0.39 is 0 Å². The molecule has 0 saturated heterocycles. The summed E-state index contributed by atoms with van der Waals surface area (Å²) >= 11 is 0. The monoisotopic (exact) mass is 194 g/mol. The molecule has 0 aliphatic rings. The summed E-state index contributed by atoms with van der Waals surface area (Å²) in [6, 6.07) is 4.66. The molecule has 76 valence electrons. The molecule has 2 nitrogen and oxygen atoms in total. The summed E-state index contributed by atoms with van der Waals surface area (Å²) in [5.41, 5.74) is 2.74. The van der Waals surface area contributed by atoms with Gasteiger partial charge in [-0.3, -0.25) is 5.84 Å². The van der Waals surface area contributed by atoms with Gasteiger partial charge < -0.3 is 0 Å². The molecule has 1 aromatic carbocycles. The Morgan fingerprint density at radius 1 is 1.57 bits per heavy atom. The maximum Gasteiger partial charge on any atom is 0.123 e. The van der Waals surface area contributed by atoms with Crippen LogP contribution < -0.4 is 5.84 Å². The van der Waals surface area contributed by atoms with Crippen molar-refractivity contribution in [2.45, 2.75) is 6.92 Å². The van der Waals surface area contributed by atoms with Gasteiger partial charge in [0.1, 0.15) is 5.82 Å². The molecular weight excluding hydrogens is 179 g/mol. The fraction of sp³-hybridized carbons (Fsp3) is 0.273. The van der Waals surface area contributed by atoms with Crippen LogP contribution in [-0.4, -0.2) is 18.6 Å². The van der Waals surface area contributed by atoms with Crippen molar-refractivity contribution in [3.05, 3.63) is 41.7 Å². The standard InChI is InChI=1S/C11H15FN2/c1-8-6-10(12)4-5-11(8)9(2)7-14(3)13/h4-6H,2,7,13H2,1,3H3. The number of benzene rings is 1. The second-order valence-corrected chi connectivity index (χ2v) is 3.48. The first-order chi connectivity index (χ1) is 6.50. The van der Waals surface area contributed by atoms with E-state index in [1.807, 2.05) is 6.92 Å². The van der Waals surface area contributed by atoms with E-state index >= 15 is 0 Å². The van der Waals surface area contributed by atoms with Crippen LogP contribution in [0.4, 0.5) is 4.39 Å². The first-order valence-electron chi connectivity index (χ1n) is 4.41. The molecule has 0 heterocycles. The average Bonchev–Trinajstić information content (AvgIpc) is 2.01. The molecule has 0 aromatic heterocycles. The highest BCUT2D eigenvalue weighted by molar-refractivity contribution is 5.67. The molecule has 0 aliphatic carbocycles. The van der Waals surface area contributed by atoms with Gasteiger partial charge in [-0.05, 0) is 35.8 Å². The minimum atomic E-state index is -0.222. The largest absolute Gasteiger partial charge is 0.269 e. The molecule has 14 heavy (non-hydrogen) atoms. The molecule has 0 radical (unpaired) electrons. The third-order valence-corrected chi connectivity index (χ3v) is 2.01. The van der Waals surface area contributed by atoms with Crippen LogP contribution in [0.5, 0.6) is 0 Å². The van der Waals surface area contributed by atoms with Crippen LogP contribution in [0.15, 0.2) is 24.8 Å². The van der Waals surface area contributed by atoms with Crippen molar-refractivity contribution >= 4 is 5.57 Å². The van der Waals surface area contributed by atoms with Crippen molar-refractivity contribution in [1.29, 1.82) is 0 Å². The molecule has 2 N–H and O–H groups in total. The van der Waals surface area contributed by atoms with Crippen molar-refractivity contribution in [3.63, 3.8) is 0 Å². The topological polar surface area (TPSA) is 29.3 Å². The molecular formula is C11H15FN2. The maximum atomic E-state index is 12.8. The average molecular weight is 194 g/mol. The Bertz CT molecular complexity index is 345. The fourth-order valence-corrected chi connectivity index (χ4v) is 1.41. The van der Waals surface area contributed by atoms with Gasteiger partial charge in [-0.25, -0.2) is 9.40 Å². The van der Waals surface area contributed by atoms with E-state index in [1.54, 1.807) is 18.1 Å². The van der Waals surface area contributed by atoms with Gasteiger partial charge in [0, 0.05) is 13.6 Å². The van der Waals surface area contributed by atoms with Gasteiger partial charge in [-0.2, -0.15) is 0 Å². The van der Waals surface area contributed by atoms with Gasteiger partial charge in [-0.1, -0.05) is 12.6 Å². The highest BCUT2D eigenvalue weighted by Crippen LogP contribution is 2.18. The van der Waals surface area contributed by atoms with E-state index in [-0.39, 0.29) is 5.82 Å². The van der Waals surface area contributed by atoms with Gasteiger partial charge in [-0.15, -0.1) is 0 Å². The van der Waals surface area contributed by atoms with Gasteiger partial charge in [0.15, 0.2) is 0 Å². The highest BCUT2D eigenvalue weighted by atomic mass is 19.1. The Hall–Kier alpha value is -1.19. The Labute approximate surface area is 83.8 Å². The number of halogens is 1. The van der Waals surface area contributed by atoms with E-state index in [0.29, 0.717) is 6.54 Å². The van der Waals surface area contributed by atoms with Crippen molar-refractivity contribution in [2.24, 2.45) is 5.84 Å². The molecule has 3 heteroatoms. The first kappa shape index (κ1) is 10.9. The fourth-order valence-electron chi connectivity index (χ4n) is 1.41. The SMILES string of the molecule is C=C(CN(C)N)c1ccc(F)cc1C. The molecule has 0 amide bonds. The Kier molecular flexibility index (Phi) is 3.38. The predicted octanol–water partition coefficient (Wildman–Crippen LogP) is 1.95. The number of aryl methyl sites for hydroxylation is 1. The van der Waals surface area contributed by atoms with E-state index in [9.17, 15) is 4.39 Å². The number of nitrogens with two attached hydrogens (primary N) is 1. The van der Waals surface area contributed by atoms with Crippen LogP contribution in [0.2, 0.25) is 0 Å². The number of hydrogen-bond donors (Lipinski definition) is 1. The summed E-state index contributed by atoms with van der Waals surface area (Å²) < 4.78 is 12.8. The number of rotatable bonds is 3. The molecule has 1 aromatic rings. The molecule has 0 atom stereocenters. The Morgan fingerprint density at radius 3 is 2.71 bits per heavy atom. The molecule has 0 saturated carbocycles. The van der Waals surface area contributed by atoms with Crippen molar-refractivity contribution < 1.29 is 4.39 Å². The zero-order chi connectivity index (χ0) is 10.7. The van der Waals surface area contributed by atoms with Gasteiger partial charge >= 0.3 is 0 Å². The highest BCUT2D eigenvalue weighted by Gasteiger charge is 2.04. The van der Waals surface area contributed by atoms with Crippen LogP contribution in [0, 0.1) is 12.7 Å². The zero-order valence-corrected chi connectivity index (χ0v) is 8.55. The minimum Gasteiger partial charge on any atom is -0.269 e. The van der Waals surface area contributed by atoms with E-state index in [0.717, 1.165) is 16.7 Å². The molecule has 0 fully saturated rings. The molecule has 0 spiro atoms. The Balaban J connectivity index is 2.90. The third kappa shape index (κ3) is 2.65. The van der Waals surface area contributed by atoms with E-state index in [1.165, 1.54) is 12.1 Å². The summed E-state index contributed by atoms with van der Waals surface area (Å²) in [6.07, 6.45) is 0. The number of nitrogens with zero attached hydrogens (tertiary/aromatic N) is 1. The summed E-state index contributed by atoms with van der Waals surface area (Å²) in [4.78, 5) is 0. The quantitative estimate of drug-likeness (QED) is 0.588. The number of hydrogen-bond acceptors (Lipinski definition) is 2. The lowest BCUT2D eigenvalue weighted by Gasteiger charge is -2.13. The Morgan fingerprint density at radius 2 is 2.21 bits per heavy atom. The van der Waals surface area contributed by atoms with Crippen LogP contribution in [0.3, 0.4) is 0 Å². The lowest BCUT2D eigenvalue weighted by atomic mass is 10.0. The third-order valence-electron chi connectivity index (χ3n) is 2.01. The predicted molar refractivity (Wildman–Crippen MR) is 57.0 cm³/mol. The summed E-state index contributed by atoms with van der Waals surface area (Å²) in [6.45, 7) is 6.35. The van der Waals surface area contributed by atoms with Crippen LogP contribution >= 0.6 is 0 Å². The summed E-state index contributed by atoms with van der Waals surface area (Å²) in [7, 11) is 1.77. The molecule has 1 rings (SSSR count). The van der Waals surface area contributed by atoms with Crippen LogP contribution in [0.25, 0.3) is 5.57 Å². The lowest BCUT2D eigenvalue weighted by Crippen LogP contribution is -2.27. The zero-order valence-electron chi connectivity index (χ0n) is 8.55. The van der Waals surface area contributed by atoms with E-state index in [4.69, 9.17) is 5.84 Å². The lowest BCUT2D eigenvalue weighted by molar-refractivity contribution is 0.395. The molecule has 0 aliphatic heterocycles. The summed E-state index contributed by atoms with van der Waals surface area (Å²) in [5, 5.41) is 1.55. The van der Waals surface area contributed by atoms with Crippen molar-refractivity contribution in [3.8, 4) is 0 Å². The number of hydrazine groups is 1. The van der Waals surface area contributed by atoms with E-state index in [2.05, 4.69) is 6.58 Å².